The van der Waals surface area contributed by atoms with E-state index in [1.54, 1.807) is 76.3 Å². The van der Waals surface area contributed by atoms with Gasteiger partial charge in [0.05, 0.1) is 17.2 Å². The Labute approximate surface area is 420 Å². The molecule has 376 valence electrons. The van der Waals surface area contributed by atoms with E-state index in [4.69, 9.17) is 21.4 Å². The Morgan fingerprint density at radius 3 is 2.42 bits per heavy atom. The molecular weight excluding hydrogens is 974 g/mol. The Bertz CT molecular complexity index is 2920. The van der Waals surface area contributed by atoms with Crippen molar-refractivity contribution in [3.05, 3.63) is 106 Å². The van der Waals surface area contributed by atoms with Crippen LogP contribution in [0.1, 0.15) is 83.5 Å². The van der Waals surface area contributed by atoms with Crippen LogP contribution < -0.4 is 25.6 Å². The van der Waals surface area contributed by atoms with Gasteiger partial charge in [0.15, 0.2) is 17.2 Å². The highest BCUT2D eigenvalue weighted by molar-refractivity contribution is 7.88. The van der Waals surface area contributed by atoms with Gasteiger partial charge in [0.25, 0.3) is 5.91 Å². The van der Waals surface area contributed by atoms with Crippen LogP contribution in [0.4, 0.5) is 17.1 Å². The SMILES string of the molecule is C=C1CCC(N2Cc3c(NCC(=O)N4CCC(C(=O)N(C)c5cccc(CS(=O)(=O)N6CC[C@@H](Nc7cccc(-c8sc(C(=O)O)c(OCC(=O)O)c8Cl)c7)CC6(C)C)c5)CC4)cccc3C2=O)C(=O)N1. The van der Waals surface area contributed by atoms with Crippen LogP contribution >= 0.6 is 22.9 Å². The van der Waals surface area contributed by atoms with Gasteiger partial charge in [-0.2, -0.15) is 4.31 Å². The number of likely N-dealkylation sites (tertiary alicyclic amines) is 1. The zero-order valence-electron chi connectivity index (χ0n) is 39.5. The van der Waals surface area contributed by atoms with E-state index in [0.717, 1.165) is 16.9 Å². The number of allylic oxidation sites excluding steroid dienone is 1. The maximum absolute atomic E-state index is 14.1. The van der Waals surface area contributed by atoms with Crippen molar-refractivity contribution in [1.29, 1.82) is 0 Å². The zero-order valence-corrected chi connectivity index (χ0v) is 41.9. The van der Waals surface area contributed by atoms with Crippen molar-refractivity contribution in [2.45, 2.75) is 82.3 Å². The fraction of sp³-hybridized carbons (Fsp3) is 0.400. The largest absolute Gasteiger partial charge is 0.479 e. The number of carbonyl (C=O) groups excluding carboxylic acids is 4. The van der Waals surface area contributed by atoms with Gasteiger partial charge in [-0.15, -0.1) is 11.3 Å². The second-order valence-electron chi connectivity index (χ2n) is 18.9. The number of carboxylic acid groups (broad SMARTS) is 2. The van der Waals surface area contributed by atoms with Crippen molar-refractivity contribution >= 4 is 85.6 Å². The number of thiophene rings is 1. The van der Waals surface area contributed by atoms with Crippen LogP contribution in [0.2, 0.25) is 5.02 Å². The molecule has 0 spiro atoms. The molecule has 8 rings (SSSR count). The summed E-state index contributed by atoms with van der Waals surface area (Å²) in [5.41, 5.74) is 4.14. The highest BCUT2D eigenvalue weighted by Gasteiger charge is 2.42. The van der Waals surface area contributed by atoms with Crippen LogP contribution in [0, 0.1) is 5.92 Å². The van der Waals surface area contributed by atoms with Crippen molar-refractivity contribution in [2.24, 2.45) is 5.92 Å². The van der Waals surface area contributed by atoms with Gasteiger partial charge < -0.3 is 45.6 Å². The summed E-state index contributed by atoms with van der Waals surface area (Å²) < 4.78 is 35.0. The summed E-state index contributed by atoms with van der Waals surface area (Å²) in [6.07, 6.45) is 2.97. The number of carboxylic acids is 2. The number of hydrogen-bond donors (Lipinski definition) is 5. The molecule has 3 saturated heterocycles. The Balaban J connectivity index is 0.826. The van der Waals surface area contributed by atoms with Crippen molar-refractivity contribution in [1.82, 2.24) is 19.4 Å². The van der Waals surface area contributed by atoms with Crippen molar-refractivity contribution < 1.29 is 52.1 Å². The Kier molecular flexibility index (Phi) is 14.8. The third-order valence-corrected chi connectivity index (χ3v) is 17.3. The molecule has 4 aromatic rings. The second-order valence-corrected chi connectivity index (χ2v) is 22.2. The van der Waals surface area contributed by atoms with E-state index in [1.807, 2.05) is 26.0 Å². The summed E-state index contributed by atoms with van der Waals surface area (Å²) in [6.45, 7) is 8.09. The standard InChI is InChI=1S/C50H56ClN7O11S2/c1-29-14-15-39(46(62)53-29)57-26-37-36(48(57)64)12-7-13-38(37)52-25-40(59)56-19-16-31(17-20-56)47(63)55(4)35-11-5-8-30(22-35)28-71(67,68)58-21-18-34(24-50(58,2)3)54-33-10-6-9-32(23-33)44-42(51)43(69-27-41(60)61)45(70-44)49(65)66/h5-13,22-23,31,34,39,52,54H,1,14-21,24-28H2,2-4H3,(H,53,62)(H,60,61)(H,65,66)/t34-,39?/m1/s1. The molecule has 0 saturated carbocycles. The van der Waals surface area contributed by atoms with E-state index in [-0.39, 0.29) is 76.6 Å². The molecule has 18 nitrogen and oxygen atoms in total. The number of nitrogens with zero attached hydrogens (tertiary/aromatic N) is 4. The molecule has 5 N–H and O–H groups in total. The molecule has 5 heterocycles. The van der Waals surface area contributed by atoms with Crippen LogP contribution in [-0.2, 0) is 41.5 Å². The Morgan fingerprint density at radius 2 is 1.72 bits per heavy atom. The Hall–Kier alpha value is -6.48. The van der Waals surface area contributed by atoms with Gasteiger partial charge in [-0.1, -0.05) is 48.5 Å². The minimum Gasteiger partial charge on any atom is -0.479 e. The smallest absolute Gasteiger partial charge is 0.349 e. The summed E-state index contributed by atoms with van der Waals surface area (Å²) in [4.78, 5) is 81.3. The number of rotatable bonds is 16. The normalized spacial score (nSPS) is 19.5. The monoisotopic (exact) mass is 1030 g/mol. The number of aliphatic carboxylic acids is 1. The number of sulfonamides is 1. The van der Waals surface area contributed by atoms with Gasteiger partial charge in [-0.05, 0) is 99.9 Å². The number of nitrogens with one attached hydrogen (secondary N) is 3. The van der Waals surface area contributed by atoms with Crippen LogP contribution in [0.3, 0.4) is 0 Å². The van der Waals surface area contributed by atoms with Crippen molar-refractivity contribution in [3.8, 4) is 16.2 Å². The summed E-state index contributed by atoms with van der Waals surface area (Å²) in [5, 5.41) is 28.2. The number of fused-ring (bicyclic) bond motifs is 1. The average molecular weight is 1030 g/mol. The minimum atomic E-state index is -3.83. The first-order chi connectivity index (χ1) is 33.7. The molecule has 1 aromatic heterocycles. The third-order valence-electron chi connectivity index (χ3n) is 13.6. The number of halogens is 1. The number of anilines is 3. The van der Waals surface area contributed by atoms with Crippen molar-refractivity contribution in [3.63, 3.8) is 0 Å². The molecule has 0 radical (unpaired) electrons. The van der Waals surface area contributed by atoms with Crippen LogP contribution in [0.25, 0.3) is 10.4 Å². The van der Waals surface area contributed by atoms with Gasteiger partial charge in [0.1, 0.15) is 11.1 Å². The van der Waals surface area contributed by atoms with Gasteiger partial charge in [-0.25, -0.2) is 18.0 Å². The summed E-state index contributed by atoms with van der Waals surface area (Å²) >= 11 is 7.41. The molecule has 4 amide bonds. The zero-order chi connectivity index (χ0) is 50.9. The maximum atomic E-state index is 14.1. The summed E-state index contributed by atoms with van der Waals surface area (Å²) in [6, 6.07) is 18.7. The number of aromatic carboxylic acids is 1. The van der Waals surface area contributed by atoms with Crippen LogP contribution in [0.5, 0.6) is 5.75 Å². The van der Waals surface area contributed by atoms with Crippen LogP contribution in [-0.4, -0.2) is 126 Å². The lowest BCUT2D eigenvalue weighted by Crippen LogP contribution is -2.55. The lowest BCUT2D eigenvalue weighted by Gasteiger charge is -2.45. The van der Waals surface area contributed by atoms with E-state index >= 15 is 0 Å². The molecule has 4 aliphatic rings. The van der Waals surface area contributed by atoms with Crippen LogP contribution in [0.15, 0.2) is 79.0 Å². The highest BCUT2D eigenvalue weighted by Crippen LogP contribution is 2.46. The summed E-state index contributed by atoms with van der Waals surface area (Å²) in [5.74, 6) is -4.14. The molecule has 1 unspecified atom stereocenters. The number of amides is 4. The molecule has 3 aromatic carbocycles. The van der Waals surface area contributed by atoms with Crippen molar-refractivity contribution in [2.75, 3.05) is 55.4 Å². The second kappa shape index (κ2) is 20.7. The number of ether oxygens (including phenoxy) is 1. The predicted octanol–water partition coefficient (Wildman–Crippen LogP) is 6.48. The van der Waals surface area contributed by atoms with Gasteiger partial charge in [-0.3, -0.25) is 19.2 Å². The number of piperidine rings is 3. The first-order valence-corrected chi connectivity index (χ1v) is 26.1. The quantitative estimate of drug-likeness (QED) is 0.0810. The lowest BCUT2D eigenvalue weighted by atomic mass is 9.89. The van der Waals surface area contributed by atoms with E-state index in [0.29, 0.717) is 95.9 Å². The predicted molar refractivity (Wildman–Crippen MR) is 269 cm³/mol. The molecule has 0 aliphatic carbocycles. The number of hydrogen-bond acceptors (Lipinski definition) is 12. The molecule has 3 fully saturated rings. The fourth-order valence-electron chi connectivity index (χ4n) is 10.0. The average Bonchev–Trinajstić information content (AvgIpc) is 3.85. The van der Waals surface area contributed by atoms with Gasteiger partial charge in [0, 0.05) is 84.6 Å². The van der Waals surface area contributed by atoms with E-state index < -0.39 is 40.1 Å². The number of benzene rings is 3. The van der Waals surface area contributed by atoms with E-state index in [1.165, 1.54) is 4.31 Å². The molecular formula is C50H56ClN7O11S2. The highest BCUT2D eigenvalue weighted by atomic mass is 35.5. The van der Waals surface area contributed by atoms with Gasteiger partial charge >= 0.3 is 11.9 Å². The van der Waals surface area contributed by atoms with Gasteiger partial charge in [0.2, 0.25) is 27.7 Å². The fourth-order valence-corrected chi connectivity index (χ4v) is 13.4. The molecule has 0 bridgehead atoms. The third kappa shape index (κ3) is 11.0. The number of carbonyl (C=O) groups is 6. The maximum Gasteiger partial charge on any atom is 0.349 e. The first kappa shape index (κ1) is 50.9. The molecule has 4 aliphatic heterocycles. The summed E-state index contributed by atoms with van der Waals surface area (Å²) in [7, 11) is -2.16. The first-order valence-electron chi connectivity index (χ1n) is 23.3. The van der Waals surface area contributed by atoms with E-state index in [2.05, 4.69) is 22.5 Å². The minimum absolute atomic E-state index is 0.00543. The molecule has 21 heteroatoms. The molecule has 2 atom stereocenters. The van der Waals surface area contributed by atoms with E-state index in [9.17, 15) is 42.3 Å². The Morgan fingerprint density at radius 1 is 0.986 bits per heavy atom. The topological polar surface area (TPSA) is 235 Å². The molecule has 71 heavy (non-hydrogen) atoms. The lowest BCUT2D eigenvalue weighted by molar-refractivity contribution is -0.139.